The van der Waals surface area contributed by atoms with Crippen molar-refractivity contribution in [1.29, 1.82) is 0 Å². The minimum Gasteiger partial charge on any atom is -0.368 e. The maximum atomic E-state index is 13.2. The second-order valence-electron chi connectivity index (χ2n) is 9.27. The summed E-state index contributed by atoms with van der Waals surface area (Å²) in [5.41, 5.74) is 4.72. The van der Waals surface area contributed by atoms with Gasteiger partial charge in [-0.05, 0) is 37.1 Å². The summed E-state index contributed by atoms with van der Waals surface area (Å²) >= 11 is 6.26. The van der Waals surface area contributed by atoms with Gasteiger partial charge in [0.2, 0.25) is 5.95 Å². The second kappa shape index (κ2) is 8.92. The number of fused-ring (bicyclic) bond motifs is 1. The van der Waals surface area contributed by atoms with Crippen LogP contribution in [0.15, 0.2) is 52.1 Å². The Kier molecular flexibility index (Phi) is 5.92. The molecule has 0 aliphatic carbocycles. The molecule has 1 aliphatic rings. The van der Waals surface area contributed by atoms with Crippen molar-refractivity contribution in [3.63, 3.8) is 0 Å². The lowest BCUT2D eigenvalue weighted by molar-refractivity contribution is 0.624. The van der Waals surface area contributed by atoms with Crippen molar-refractivity contribution in [2.45, 2.75) is 20.4 Å². The van der Waals surface area contributed by atoms with Crippen LogP contribution in [-0.4, -0.2) is 44.9 Å². The molecule has 1 saturated heterocycles. The Bertz CT molecular complexity index is 1520. The van der Waals surface area contributed by atoms with Gasteiger partial charge in [0.1, 0.15) is 0 Å². The number of rotatable bonds is 4. The standard InChI is InChI=1S/C26H29ClN6O2/c1-17-5-8-19(9-6-17)16-33-22-23(29(3)26(35)30(4)24(22)34)28-25(33)32-13-11-31(12-14-32)21-15-20(27)10-7-18(21)2/h5-10,15H,11-14,16H2,1-4H3. The molecule has 5 rings (SSSR count). The van der Waals surface area contributed by atoms with Crippen molar-refractivity contribution in [2.75, 3.05) is 36.0 Å². The Morgan fingerprint density at radius 1 is 0.886 bits per heavy atom. The maximum absolute atomic E-state index is 13.2. The monoisotopic (exact) mass is 492 g/mol. The normalized spacial score (nSPS) is 14.2. The summed E-state index contributed by atoms with van der Waals surface area (Å²) < 4.78 is 4.57. The predicted molar refractivity (Wildman–Crippen MR) is 141 cm³/mol. The molecule has 35 heavy (non-hydrogen) atoms. The summed E-state index contributed by atoms with van der Waals surface area (Å²) in [6, 6.07) is 14.2. The van der Waals surface area contributed by atoms with E-state index in [1.807, 2.05) is 22.8 Å². The van der Waals surface area contributed by atoms with Crippen LogP contribution in [0.4, 0.5) is 11.6 Å². The van der Waals surface area contributed by atoms with Gasteiger partial charge in [-0.15, -0.1) is 0 Å². The molecule has 0 bridgehead atoms. The summed E-state index contributed by atoms with van der Waals surface area (Å²) in [5, 5.41) is 0.727. The van der Waals surface area contributed by atoms with Gasteiger partial charge in [0.25, 0.3) is 5.56 Å². The predicted octanol–water partition coefficient (Wildman–Crippen LogP) is 3.08. The van der Waals surface area contributed by atoms with Crippen LogP contribution in [0.3, 0.4) is 0 Å². The highest BCUT2D eigenvalue weighted by molar-refractivity contribution is 6.30. The van der Waals surface area contributed by atoms with E-state index in [2.05, 4.69) is 47.9 Å². The molecule has 2 aromatic heterocycles. The van der Waals surface area contributed by atoms with E-state index in [4.69, 9.17) is 16.6 Å². The minimum absolute atomic E-state index is 0.331. The van der Waals surface area contributed by atoms with Gasteiger partial charge in [-0.1, -0.05) is 47.5 Å². The Hall–Kier alpha value is -3.52. The first-order chi connectivity index (χ1) is 16.7. The van der Waals surface area contributed by atoms with E-state index in [9.17, 15) is 9.59 Å². The molecule has 182 valence electrons. The van der Waals surface area contributed by atoms with E-state index >= 15 is 0 Å². The highest BCUT2D eigenvalue weighted by Crippen LogP contribution is 2.28. The molecule has 1 aliphatic heterocycles. The van der Waals surface area contributed by atoms with Gasteiger partial charge in [0.05, 0.1) is 6.54 Å². The van der Waals surface area contributed by atoms with Crippen LogP contribution in [-0.2, 0) is 20.6 Å². The van der Waals surface area contributed by atoms with Crippen LogP contribution in [0.25, 0.3) is 11.2 Å². The molecular formula is C26H29ClN6O2. The first-order valence-electron chi connectivity index (χ1n) is 11.7. The van der Waals surface area contributed by atoms with E-state index < -0.39 is 0 Å². The molecule has 0 unspecified atom stereocenters. The van der Waals surface area contributed by atoms with Crippen molar-refractivity contribution in [1.82, 2.24) is 18.7 Å². The third-order valence-electron chi connectivity index (χ3n) is 6.86. The zero-order valence-electron chi connectivity index (χ0n) is 20.5. The van der Waals surface area contributed by atoms with Crippen molar-refractivity contribution in [3.8, 4) is 0 Å². The summed E-state index contributed by atoms with van der Waals surface area (Å²) in [4.78, 5) is 35.2. The van der Waals surface area contributed by atoms with Gasteiger partial charge in [-0.3, -0.25) is 18.5 Å². The number of nitrogens with zero attached hydrogens (tertiary/aromatic N) is 6. The first kappa shape index (κ1) is 23.2. The lowest BCUT2D eigenvalue weighted by Gasteiger charge is -2.37. The molecule has 0 saturated carbocycles. The topological polar surface area (TPSA) is 68.3 Å². The van der Waals surface area contributed by atoms with E-state index in [1.165, 1.54) is 22.7 Å². The smallest absolute Gasteiger partial charge is 0.332 e. The van der Waals surface area contributed by atoms with E-state index in [0.29, 0.717) is 23.7 Å². The van der Waals surface area contributed by atoms with Crippen LogP contribution >= 0.6 is 11.6 Å². The van der Waals surface area contributed by atoms with Crippen LogP contribution < -0.4 is 21.0 Å². The Morgan fingerprint density at radius 3 is 2.23 bits per heavy atom. The molecule has 0 radical (unpaired) electrons. The molecule has 0 spiro atoms. The average Bonchev–Trinajstić information content (AvgIpc) is 3.23. The van der Waals surface area contributed by atoms with Gasteiger partial charge < -0.3 is 9.80 Å². The number of imidazole rings is 1. The van der Waals surface area contributed by atoms with Gasteiger partial charge in [0.15, 0.2) is 11.2 Å². The maximum Gasteiger partial charge on any atom is 0.332 e. The van der Waals surface area contributed by atoms with Gasteiger partial charge in [-0.2, -0.15) is 4.98 Å². The zero-order valence-corrected chi connectivity index (χ0v) is 21.2. The lowest BCUT2D eigenvalue weighted by atomic mass is 10.1. The number of hydrogen-bond donors (Lipinski definition) is 0. The highest BCUT2D eigenvalue weighted by atomic mass is 35.5. The zero-order chi connectivity index (χ0) is 24.9. The van der Waals surface area contributed by atoms with Gasteiger partial charge in [0, 0.05) is 51.0 Å². The molecule has 2 aromatic carbocycles. The number of aromatic nitrogens is 4. The number of hydrogen-bond acceptors (Lipinski definition) is 5. The van der Waals surface area contributed by atoms with Crippen LogP contribution in [0.2, 0.25) is 5.02 Å². The fraction of sp³-hybridized carbons (Fsp3) is 0.346. The Labute approximate surface area is 208 Å². The number of halogens is 1. The number of benzene rings is 2. The second-order valence-corrected chi connectivity index (χ2v) is 9.70. The number of aryl methyl sites for hydroxylation is 3. The summed E-state index contributed by atoms with van der Waals surface area (Å²) in [5.74, 6) is 0.710. The van der Waals surface area contributed by atoms with Crippen LogP contribution in [0, 0.1) is 13.8 Å². The quantitative estimate of drug-likeness (QED) is 0.438. The molecule has 8 nitrogen and oxygen atoms in total. The largest absolute Gasteiger partial charge is 0.368 e. The minimum atomic E-state index is -0.379. The summed E-state index contributed by atoms with van der Waals surface area (Å²) in [6.07, 6.45) is 0. The highest BCUT2D eigenvalue weighted by Gasteiger charge is 2.26. The SMILES string of the molecule is Cc1ccc(Cn2c(N3CCN(c4cc(Cl)ccc4C)CC3)nc3c2c(=O)n(C)c(=O)n3C)cc1. The fourth-order valence-corrected chi connectivity index (χ4v) is 4.94. The summed E-state index contributed by atoms with van der Waals surface area (Å²) in [7, 11) is 3.18. The fourth-order valence-electron chi connectivity index (χ4n) is 4.77. The molecule has 3 heterocycles. The van der Waals surface area contributed by atoms with Crippen molar-refractivity contribution < 1.29 is 0 Å². The molecule has 0 amide bonds. The average molecular weight is 493 g/mol. The number of piperazine rings is 1. The van der Waals surface area contributed by atoms with E-state index in [-0.39, 0.29) is 11.2 Å². The molecule has 0 N–H and O–H groups in total. The third-order valence-corrected chi connectivity index (χ3v) is 7.10. The van der Waals surface area contributed by atoms with Gasteiger partial charge >= 0.3 is 5.69 Å². The Morgan fingerprint density at radius 2 is 1.54 bits per heavy atom. The molecular weight excluding hydrogens is 464 g/mol. The summed E-state index contributed by atoms with van der Waals surface area (Å²) in [6.45, 7) is 7.70. The molecule has 9 heteroatoms. The van der Waals surface area contributed by atoms with Crippen LogP contribution in [0.5, 0.6) is 0 Å². The molecule has 4 aromatic rings. The lowest BCUT2D eigenvalue weighted by Crippen LogP contribution is -2.47. The molecule has 1 fully saturated rings. The van der Waals surface area contributed by atoms with Crippen molar-refractivity contribution in [2.24, 2.45) is 14.1 Å². The van der Waals surface area contributed by atoms with Gasteiger partial charge in [-0.25, -0.2) is 4.79 Å². The first-order valence-corrected chi connectivity index (χ1v) is 12.1. The van der Waals surface area contributed by atoms with Crippen LogP contribution in [0.1, 0.15) is 16.7 Å². The third kappa shape index (κ3) is 4.12. The Balaban J connectivity index is 1.55. The number of anilines is 2. The van der Waals surface area contributed by atoms with E-state index in [1.54, 1.807) is 7.05 Å². The van der Waals surface area contributed by atoms with Crippen molar-refractivity contribution in [3.05, 3.63) is 85.0 Å². The molecule has 0 atom stereocenters. The van der Waals surface area contributed by atoms with E-state index in [0.717, 1.165) is 47.0 Å². The van der Waals surface area contributed by atoms with Crippen molar-refractivity contribution >= 4 is 34.4 Å².